The molecule has 1 aromatic heterocycles. The number of nitrogens with zero attached hydrogens (tertiary/aromatic N) is 2. The highest BCUT2D eigenvalue weighted by molar-refractivity contribution is 7.09. The van der Waals surface area contributed by atoms with Crippen LogP contribution in [0.3, 0.4) is 0 Å². The molecule has 16 heavy (non-hydrogen) atoms. The van der Waals surface area contributed by atoms with Gasteiger partial charge in [0.1, 0.15) is 0 Å². The Morgan fingerprint density at radius 1 is 1.38 bits per heavy atom. The van der Waals surface area contributed by atoms with E-state index in [9.17, 15) is 0 Å². The Kier molecular flexibility index (Phi) is 3.05. The molecule has 5 heteroatoms. The minimum Gasteiger partial charge on any atom is -0.367 e. The summed E-state index contributed by atoms with van der Waals surface area (Å²) in [6.07, 6.45) is 0. The smallest absolute Gasteiger partial charge is 0.233 e. The monoisotopic (exact) mass is 234 g/mol. The number of benzene rings is 1. The fraction of sp³-hybridized carbons (Fsp3) is 0.273. The summed E-state index contributed by atoms with van der Waals surface area (Å²) >= 11 is 1.28. The van der Waals surface area contributed by atoms with Gasteiger partial charge in [0.15, 0.2) is 0 Å². The molecule has 0 bridgehead atoms. The first-order chi connectivity index (χ1) is 7.66. The molecule has 4 nitrogen and oxygen atoms in total. The van der Waals surface area contributed by atoms with E-state index in [1.165, 1.54) is 22.7 Å². The van der Waals surface area contributed by atoms with Gasteiger partial charge in [-0.25, -0.2) is 0 Å². The summed E-state index contributed by atoms with van der Waals surface area (Å²) in [4.78, 5) is 4.08. The zero-order valence-electron chi connectivity index (χ0n) is 9.27. The fourth-order valence-electron chi connectivity index (χ4n) is 1.63. The SMILES string of the molecule is Cc1ccccc1C(C)Nc1nc(N)ns1. The average molecular weight is 234 g/mol. The van der Waals surface area contributed by atoms with Crippen molar-refractivity contribution in [3.05, 3.63) is 35.4 Å². The first-order valence-corrected chi connectivity index (χ1v) is 5.85. The molecular weight excluding hydrogens is 220 g/mol. The van der Waals surface area contributed by atoms with Crippen LogP contribution in [0, 0.1) is 6.92 Å². The molecule has 0 saturated carbocycles. The Labute approximate surface area is 98.7 Å². The quantitative estimate of drug-likeness (QED) is 0.856. The highest BCUT2D eigenvalue weighted by Crippen LogP contribution is 2.23. The molecule has 0 spiro atoms. The summed E-state index contributed by atoms with van der Waals surface area (Å²) in [5.74, 6) is 0.324. The van der Waals surface area contributed by atoms with Gasteiger partial charge in [-0.3, -0.25) is 0 Å². The second-order valence-corrected chi connectivity index (χ2v) is 4.43. The van der Waals surface area contributed by atoms with Gasteiger partial charge in [0.25, 0.3) is 0 Å². The highest BCUT2D eigenvalue weighted by atomic mass is 32.1. The molecule has 0 fully saturated rings. The van der Waals surface area contributed by atoms with E-state index >= 15 is 0 Å². The summed E-state index contributed by atoms with van der Waals surface area (Å²) in [5.41, 5.74) is 8.00. The number of aromatic nitrogens is 2. The minimum atomic E-state index is 0.202. The van der Waals surface area contributed by atoms with Crippen LogP contribution in [0.5, 0.6) is 0 Å². The molecule has 1 atom stereocenters. The summed E-state index contributed by atoms with van der Waals surface area (Å²) < 4.78 is 3.93. The van der Waals surface area contributed by atoms with Crippen molar-refractivity contribution >= 4 is 22.6 Å². The van der Waals surface area contributed by atoms with Gasteiger partial charge in [0.2, 0.25) is 11.1 Å². The Morgan fingerprint density at radius 2 is 2.12 bits per heavy atom. The van der Waals surface area contributed by atoms with Crippen molar-refractivity contribution in [1.82, 2.24) is 9.36 Å². The second-order valence-electron chi connectivity index (χ2n) is 3.68. The molecule has 0 aliphatic carbocycles. The summed E-state index contributed by atoms with van der Waals surface area (Å²) in [6, 6.07) is 8.48. The third-order valence-electron chi connectivity index (χ3n) is 2.44. The van der Waals surface area contributed by atoms with E-state index in [4.69, 9.17) is 5.73 Å². The predicted octanol–water partition coefficient (Wildman–Crippen LogP) is 2.60. The van der Waals surface area contributed by atoms with Gasteiger partial charge in [-0.15, -0.1) is 0 Å². The lowest BCUT2D eigenvalue weighted by Crippen LogP contribution is -2.07. The topological polar surface area (TPSA) is 63.8 Å². The zero-order chi connectivity index (χ0) is 11.5. The molecule has 0 amide bonds. The van der Waals surface area contributed by atoms with Crippen molar-refractivity contribution in [2.24, 2.45) is 0 Å². The number of nitrogens with two attached hydrogens (primary N) is 1. The minimum absolute atomic E-state index is 0.202. The Balaban J connectivity index is 2.14. The molecule has 3 N–H and O–H groups in total. The van der Waals surface area contributed by atoms with Crippen molar-refractivity contribution in [3.63, 3.8) is 0 Å². The van der Waals surface area contributed by atoms with Gasteiger partial charge < -0.3 is 11.1 Å². The van der Waals surface area contributed by atoms with E-state index in [1.807, 2.05) is 12.1 Å². The third-order valence-corrected chi connectivity index (χ3v) is 3.10. The molecule has 0 aliphatic heterocycles. The Bertz CT molecular complexity index is 480. The molecule has 1 unspecified atom stereocenters. The lowest BCUT2D eigenvalue weighted by molar-refractivity contribution is 0.871. The normalized spacial score (nSPS) is 12.4. The standard InChI is InChI=1S/C11H14N4S/c1-7-5-3-4-6-9(7)8(2)13-11-14-10(12)15-16-11/h3-6,8H,1-2H3,(H3,12,13,14,15). The summed E-state index contributed by atoms with van der Waals surface area (Å²) in [6.45, 7) is 4.20. The maximum absolute atomic E-state index is 5.47. The number of anilines is 2. The molecular formula is C11H14N4S. The van der Waals surface area contributed by atoms with Crippen molar-refractivity contribution in [3.8, 4) is 0 Å². The predicted molar refractivity (Wildman–Crippen MR) is 67.5 cm³/mol. The Hall–Kier alpha value is -1.62. The van der Waals surface area contributed by atoms with Crippen LogP contribution in [0.2, 0.25) is 0 Å². The first kappa shape index (κ1) is 10.9. The van der Waals surface area contributed by atoms with E-state index in [-0.39, 0.29) is 6.04 Å². The van der Waals surface area contributed by atoms with Gasteiger partial charge in [-0.2, -0.15) is 9.36 Å². The molecule has 2 aromatic rings. The van der Waals surface area contributed by atoms with Crippen LogP contribution in [-0.2, 0) is 0 Å². The van der Waals surface area contributed by atoms with E-state index in [0.717, 1.165) is 5.13 Å². The van der Waals surface area contributed by atoms with Gasteiger partial charge in [-0.1, -0.05) is 24.3 Å². The molecule has 1 heterocycles. The van der Waals surface area contributed by atoms with Gasteiger partial charge in [-0.05, 0) is 25.0 Å². The van der Waals surface area contributed by atoms with Crippen LogP contribution in [0.4, 0.5) is 11.1 Å². The number of nitrogens with one attached hydrogen (secondary N) is 1. The van der Waals surface area contributed by atoms with Crippen molar-refractivity contribution < 1.29 is 0 Å². The average Bonchev–Trinajstić information content (AvgIpc) is 2.64. The largest absolute Gasteiger partial charge is 0.367 e. The molecule has 0 saturated heterocycles. The maximum atomic E-state index is 5.47. The van der Waals surface area contributed by atoms with Crippen LogP contribution in [-0.4, -0.2) is 9.36 Å². The number of aryl methyl sites for hydroxylation is 1. The van der Waals surface area contributed by atoms with E-state index < -0.39 is 0 Å². The fourth-order valence-corrected chi connectivity index (χ4v) is 2.21. The zero-order valence-corrected chi connectivity index (χ0v) is 10.1. The molecule has 2 rings (SSSR count). The molecule has 0 radical (unpaired) electrons. The van der Waals surface area contributed by atoms with Crippen LogP contribution < -0.4 is 11.1 Å². The summed E-state index contributed by atoms with van der Waals surface area (Å²) in [5, 5.41) is 4.04. The van der Waals surface area contributed by atoms with E-state index in [2.05, 4.69) is 40.7 Å². The van der Waals surface area contributed by atoms with Crippen LogP contribution in [0.1, 0.15) is 24.1 Å². The number of hydrogen-bond donors (Lipinski definition) is 2. The van der Waals surface area contributed by atoms with Gasteiger partial charge in [0.05, 0.1) is 6.04 Å². The molecule has 84 valence electrons. The van der Waals surface area contributed by atoms with Crippen LogP contribution in [0.15, 0.2) is 24.3 Å². The molecule has 0 aliphatic rings. The maximum Gasteiger partial charge on any atom is 0.233 e. The van der Waals surface area contributed by atoms with Crippen molar-refractivity contribution in [1.29, 1.82) is 0 Å². The molecule has 1 aromatic carbocycles. The number of nitrogen functional groups attached to an aromatic ring is 1. The summed E-state index contributed by atoms with van der Waals surface area (Å²) in [7, 11) is 0. The number of rotatable bonds is 3. The van der Waals surface area contributed by atoms with Crippen molar-refractivity contribution in [2.75, 3.05) is 11.1 Å². The van der Waals surface area contributed by atoms with Gasteiger partial charge >= 0.3 is 0 Å². The Morgan fingerprint density at radius 3 is 2.75 bits per heavy atom. The highest BCUT2D eigenvalue weighted by Gasteiger charge is 2.09. The first-order valence-electron chi connectivity index (χ1n) is 5.08. The van der Waals surface area contributed by atoms with E-state index in [0.29, 0.717) is 5.95 Å². The van der Waals surface area contributed by atoms with Crippen LogP contribution in [0.25, 0.3) is 0 Å². The van der Waals surface area contributed by atoms with Crippen molar-refractivity contribution in [2.45, 2.75) is 19.9 Å². The lowest BCUT2D eigenvalue weighted by atomic mass is 10.0. The van der Waals surface area contributed by atoms with Gasteiger partial charge in [0, 0.05) is 11.5 Å². The second kappa shape index (κ2) is 4.49. The van der Waals surface area contributed by atoms with Crippen LogP contribution >= 0.6 is 11.5 Å². The lowest BCUT2D eigenvalue weighted by Gasteiger charge is -2.15. The number of hydrogen-bond acceptors (Lipinski definition) is 5. The third kappa shape index (κ3) is 2.30. The van der Waals surface area contributed by atoms with E-state index in [1.54, 1.807) is 0 Å².